The third-order valence-electron chi connectivity index (χ3n) is 3.46. The van der Waals surface area contributed by atoms with Gasteiger partial charge in [0.05, 0.1) is 12.0 Å². The molecule has 0 fully saturated rings. The molecule has 0 aliphatic carbocycles. The Hall–Kier alpha value is -2.14. The van der Waals surface area contributed by atoms with Crippen molar-refractivity contribution in [2.24, 2.45) is 0 Å². The molecule has 1 aromatic carbocycles. The molecule has 1 aromatic heterocycles. The minimum Gasteiger partial charge on any atom is -0.478 e. The monoisotopic (exact) mass is 287 g/mol. The molecule has 20 heavy (non-hydrogen) atoms. The van der Waals surface area contributed by atoms with Crippen molar-refractivity contribution >= 4 is 28.9 Å². The zero-order valence-electron chi connectivity index (χ0n) is 10.7. The molecule has 102 valence electrons. The molecule has 0 saturated carbocycles. The largest absolute Gasteiger partial charge is 0.478 e. The third kappa shape index (κ3) is 2.32. The number of fused-ring (bicyclic) bond motifs is 1. The van der Waals surface area contributed by atoms with Gasteiger partial charge in [0.15, 0.2) is 0 Å². The molecule has 0 saturated heterocycles. The second kappa shape index (κ2) is 5.09. The number of thiophene rings is 1. The smallest absolute Gasteiger partial charge is 0.335 e. The van der Waals surface area contributed by atoms with Crippen molar-refractivity contribution in [2.45, 2.75) is 12.8 Å². The van der Waals surface area contributed by atoms with Gasteiger partial charge in [-0.25, -0.2) is 4.79 Å². The van der Waals surface area contributed by atoms with E-state index < -0.39 is 5.97 Å². The maximum absolute atomic E-state index is 12.3. The van der Waals surface area contributed by atoms with Gasteiger partial charge in [0.2, 0.25) is 5.91 Å². The lowest BCUT2D eigenvalue weighted by Gasteiger charge is -2.17. The Kier molecular flexibility index (Phi) is 3.28. The molecule has 0 atom stereocenters. The van der Waals surface area contributed by atoms with E-state index in [1.807, 2.05) is 16.8 Å². The van der Waals surface area contributed by atoms with Gasteiger partial charge in [-0.2, -0.15) is 11.3 Å². The third-order valence-corrected chi connectivity index (χ3v) is 4.20. The van der Waals surface area contributed by atoms with Crippen molar-refractivity contribution in [1.29, 1.82) is 0 Å². The van der Waals surface area contributed by atoms with Gasteiger partial charge in [-0.05, 0) is 46.5 Å². The van der Waals surface area contributed by atoms with Gasteiger partial charge in [0.1, 0.15) is 0 Å². The summed E-state index contributed by atoms with van der Waals surface area (Å²) < 4.78 is 0. The first kappa shape index (κ1) is 12.9. The molecular formula is C15H13NO3S. The molecule has 4 nitrogen and oxygen atoms in total. The number of benzene rings is 1. The zero-order valence-corrected chi connectivity index (χ0v) is 11.5. The molecular weight excluding hydrogens is 274 g/mol. The molecule has 1 N–H and O–H groups in total. The first-order valence-electron chi connectivity index (χ1n) is 6.33. The van der Waals surface area contributed by atoms with Crippen LogP contribution in [0.5, 0.6) is 0 Å². The lowest BCUT2D eigenvalue weighted by molar-refractivity contribution is -0.117. The molecule has 3 rings (SSSR count). The summed E-state index contributed by atoms with van der Waals surface area (Å²) in [7, 11) is 0. The van der Waals surface area contributed by atoms with Gasteiger partial charge in [-0.3, -0.25) is 4.79 Å². The molecule has 1 aliphatic rings. The highest BCUT2D eigenvalue weighted by Crippen LogP contribution is 2.29. The van der Waals surface area contributed by atoms with E-state index in [-0.39, 0.29) is 11.5 Å². The molecule has 1 aliphatic heterocycles. The highest BCUT2D eigenvalue weighted by molar-refractivity contribution is 7.08. The van der Waals surface area contributed by atoms with Crippen molar-refractivity contribution < 1.29 is 14.7 Å². The SMILES string of the molecule is O=C(O)c1ccc2c(c1)N(C(=O)Cc1ccsc1)CC2. The molecule has 5 heteroatoms. The van der Waals surface area contributed by atoms with Gasteiger partial charge in [0.25, 0.3) is 0 Å². The number of amides is 1. The van der Waals surface area contributed by atoms with Crippen molar-refractivity contribution in [1.82, 2.24) is 0 Å². The van der Waals surface area contributed by atoms with Crippen LogP contribution in [0.2, 0.25) is 0 Å². The summed E-state index contributed by atoms with van der Waals surface area (Å²) in [5, 5.41) is 13.0. The maximum atomic E-state index is 12.3. The number of rotatable bonds is 3. The highest BCUT2D eigenvalue weighted by Gasteiger charge is 2.25. The first-order chi connectivity index (χ1) is 9.65. The van der Waals surface area contributed by atoms with E-state index in [0.29, 0.717) is 13.0 Å². The van der Waals surface area contributed by atoms with E-state index in [2.05, 4.69) is 0 Å². The quantitative estimate of drug-likeness (QED) is 0.944. The van der Waals surface area contributed by atoms with Crippen LogP contribution in [0.15, 0.2) is 35.0 Å². The molecule has 0 radical (unpaired) electrons. The van der Waals surface area contributed by atoms with Crippen LogP contribution in [0.1, 0.15) is 21.5 Å². The van der Waals surface area contributed by atoms with E-state index >= 15 is 0 Å². The lowest BCUT2D eigenvalue weighted by atomic mass is 10.1. The standard InChI is InChI=1S/C15H13NO3S/c17-14(7-10-4-6-20-9-10)16-5-3-11-1-2-12(15(18)19)8-13(11)16/h1-2,4,6,8-9H,3,5,7H2,(H,18,19). The number of anilines is 1. The fraction of sp³-hybridized carbons (Fsp3) is 0.200. The molecule has 2 heterocycles. The minimum absolute atomic E-state index is 0.0182. The Morgan fingerprint density at radius 2 is 2.15 bits per heavy atom. The predicted molar refractivity (Wildman–Crippen MR) is 77.5 cm³/mol. The Balaban J connectivity index is 1.86. The summed E-state index contributed by atoms with van der Waals surface area (Å²) in [5.74, 6) is -0.949. The summed E-state index contributed by atoms with van der Waals surface area (Å²) in [6.45, 7) is 0.626. The van der Waals surface area contributed by atoms with Crippen molar-refractivity contribution in [3.63, 3.8) is 0 Å². The lowest BCUT2D eigenvalue weighted by Crippen LogP contribution is -2.30. The van der Waals surface area contributed by atoms with Crippen molar-refractivity contribution in [3.05, 3.63) is 51.7 Å². The van der Waals surface area contributed by atoms with Crippen LogP contribution in [0, 0.1) is 0 Å². The van der Waals surface area contributed by atoms with Crippen LogP contribution in [-0.2, 0) is 17.6 Å². The van der Waals surface area contributed by atoms with Crippen LogP contribution >= 0.6 is 11.3 Å². The van der Waals surface area contributed by atoms with Crippen LogP contribution in [-0.4, -0.2) is 23.5 Å². The summed E-state index contributed by atoms with van der Waals surface area (Å²) in [6.07, 6.45) is 1.14. The number of aromatic carboxylic acids is 1. The van der Waals surface area contributed by atoms with Crippen LogP contribution in [0.4, 0.5) is 5.69 Å². The van der Waals surface area contributed by atoms with Crippen LogP contribution in [0.3, 0.4) is 0 Å². The molecule has 0 bridgehead atoms. The minimum atomic E-state index is -0.968. The second-order valence-electron chi connectivity index (χ2n) is 4.75. The summed E-state index contributed by atoms with van der Waals surface area (Å²) in [4.78, 5) is 25.1. The van der Waals surface area contributed by atoms with Crippen molar-refractivity contribution in [3.8, 4) is 0 Å². The first-order valence-corrected chi connectivity index (χ1v) is 7.27. The molecule has 1 amide bonds. The summed E-state index contributed by atoms with van der Waals surface area (Å²) in [5.41, 5.74) is 3.00. The summed E-state index contributed by atoms with van der Waals surface area (Å²) in [6, 6.07) is 6.92. The predicted octanol–water partition coefficient (Wildman–Crippen LogP) is 2.58. The van der Waals surface area contributed by atoms with Gasteiger partial charge in [-0.15, -0.1) is 0 Å². The Morgan fingerprint density at radius 3 is 2.85 bits per heavy atom. The normalized spacial score (nSPS) is 13.3. The molecule has 2 aromatic rings. The number of carboxylic acid groups (broad SMARTS) is 1. The van der Waals surface area contributed by atoms with Gasteiger partial charge >= 0.3 is 5.97 Å². The number of carbonyl (C=O) groups is 2. The number of hydrogen-bond acceptors (Lipinski definition) is 3. The Morgan fingerprint density at radius 1 is 1.30 bits per heavy atom. The van der Waals surface area contributed by atoms with E-state index in [9.17, 15) is 9.59 Å². The zero-order chi connectivity index (χ0) is 14.1. The molecule has 0 spiro atoms. The van der Waals surface area contributed by atoms with E-state index in [1.165, 1.54) is 0 Å². The topological polar surface area (TPSA) is 57.6 Å². The van der Waals surface area contributed by atoms with Crippen LogP contribution in [0.25, 0.3) is 0 Å². The van der Waals surface area contributed by atoms with E-state index in [0.717, 1.165) is 23.2 Å². The number of nitrogens with zero attached hydrogens (tertiary/aromatic N) is 1. The maximum Gasteiger partial charge on any atom is 0.335 e. The second-order valence-corrected chi connectivity index (χ2v) is 5.53. The average Bonchev–Trinajstić information content (AvgIpc) is 3.06. The average molecular weight is 287 g/mol. The van der Waals surface area contributed by atoms with Gasteiger partial charge < -0.3 is 10.0 Å². The van der Waals surface area contributed by atoms with E-state index in [4.69, 9.17) is 5.11 Å². The van der Waals surface area contributed by atoms with Gasteiger partial charge in [0, 0.05) is 12.2 Å². The Bertz CT molecular complexity index is 664. The highest BCUT2D eigenvalue weighted by atomic mass is 32.1. The summed E-state index contributed by atoms with van der Waals surface area (Å²) >= 11 is 1.57. The Labute approximate surface area is 120 Å². The molecule has 0 unspecified atom stereocenters. The fourth-order valence-electron chi connectivity index (χ4n) is 2.43. The van der Waals surface area contributed by atoms with Crippen LogP contribution < -0.4 is 4.90 Å². The van der Waals surface area contributed by atoms with E-state index in [1.54, 1.807) is 34.4 Å². The van der Waals surface area contributed by atoms with Gasteiger partial charge in [-0.1, -0.05) is 6.07 Å². The number of carbonyl (C=O) groups excluding carboxylic acids is 1. The number of hydrogen-bond donors (Lipinski definition) is 1. The van der Waals surface area contributed by atoms with Crippen molar-refractivity contribution in [2.75, 3.05) is 11.4 Å². The fourth-order valence-corrected chi connectivity index (χ4v) is 3.10. The number of carboxylic acids is 1.